The van der Waals surface area contributed by atoms with Gasteiger partial charge < -0.3 is 4.90 Å². The molecule has 0 N–H and O–H groups in total. The third kappa shape index (κ3) is 4.56. The minimum absolute atomic E-state index is 0.0846. The van der Waals surface area contributed by atoms with Crippen LogP contribution in [-0.4, -0.2) is 47.7 Å². The van der Waals surface area contributed by atoms with Gasteiger partial charge in [-0.15, -0.1) is 0 Å². The van der Waals surface area contributed by atoms with Crippen molar-refractivity contribution in [2.75, 3.05) is 26.2 Å². The number of ketones is 1. The minimum Gasteiger partial charge on any atom is -0.340 e. The smallest absolute Gasteiger partial charge is 0.226 e. The van der Waals surface area contributed by atoms with Gasteiger partial charge in [0, 0.05) is 56.5 Å². The van der Waals surface area contributed by atoms with Gasteiger partial charge >= 0.3 is 0 Å². The van der Waals surface area contributed by atoms with Gasteiger partial charge in [-0.05, 0) is 35.4 Å². The van der Waals surface area contributed by atoms with Gasteiger partial charge in [0.05, 0.1) is 17.6 Å². The number of nitrogens with zero attached hydrogens (tertiary/aromatic N) is 3. The van der Waals surface area contributed by atoms with Crippen LogP contribution in [-0.2, 0) is 16.1 Å². The quantitative estimate of drug-likeness (QED) is 0.756. The second kappa shape index (κ2) is 8.99. The number of benzene rings is 2. The van der Waals surface area contributed by atoms with Gasteiger partial charge in [0.2, 0.25) is 5.91 Å². The maximum absolute atomic E-state index is 13.2. The fourth-order valence-corrected chi connectivity index (χ4v) is 4.61. The number of rotatable bonds is 4. The fourth-order valence-electron chi connectivity index (χ4n) is 4.48. The predicted octanol–water partition coefficient (Wildman–Crippen LogP) is 3.62. The number of carbonyl (C=O) groups excluding carboxylic acids is 2. The van der Waals surface area contributed by atoms with E-state index in [2.05, 4.69) is 11.0 Å². The Morgan fingerprint density at radius 3 is 2.30 bits per heavy atom. The summed E-state index contributed by atoms with van der Waals surface area (Å²) in [4.78, 5) is 29.7. The van der Waals surface area contributed by atoms with Crippen molar-refractivity contribution in [2.45, 2.75) is 25.3 Å². The van der Waals surface area contributed by atoms with Crippen LogP contribution in [0.3, 0.4) is 0 Å². The number of hydrogen-bond donors (Lipinski definition) is 0. The molecule has 0 spiro atoms. The van der Waals surface area contributed by atoms with E-state index in [9.17, 15) is 9.59 Å². The summed E-state index contributed by atoms with van der Waals surface area (Å²) in [5.74, 6) is -0.163. The lowest BCUT2D eigenvalue weighted by Gasteiger charge is -2.36. The number of carbonyl (C=O) groups is 2. The van der Waals surface area contributed by atoms with Crippen LogP contribution in [0.5, 0.6) is 0 Å². The Hall–Kier alpha value is -2.68. The zero-order valence-corrected chi connectivity index (χ0v) is 17.5. The van der Waals surface area contributed by atoms with Gasteiger partial charge in [-0.25, -0.2) is 0 Å². The van der Waals surface area contributed by atoms with Crippen molar-refractivity contribution in [3.8, 4) is 6.07 Å². The molecule has 1 saturated heterocycles. The van der Waals surface area contributed by atoms with Gasteiger partial charge in [0.15, 0.2) is 0 Å². The van der Waals surface area contributed by atoms with E-state index >= 15 is 0 Å². The standard InChI is InChI=1S/C24H24ClN3O2/c25-20-7-3-18(4-8-20)16-27-9-11-28(12-10-27)24(30)23-14-21(29)13-22(23)19-5-1-17(15-26)2-6-19/h1-8,22-23H,9-14,16H2/t22?,23-/m0/s1. The molecule has 2 aromatic rings. The van der Waals surface area contributed by atoms with Crippen molar-refractivity contribution in [1.29, 1.82) is 5.26 Å². The van der Waals surface area contributed by atoms with Crippen molar-refractivity contribution in [1.82, 2.24) is 9.80 Å². The number of amides is 1. The SMILES string of the molecule is N#Cc1ccc(C2CC(=O)C[C@@H]2C(=O)N2CCN(Cc3ccc(Cl)cc3)CC2)cc1. The molecule has 6 heteroatoms. The van der Waals surface area contributed by atoms with E-state index in [4.69, 9.17) is 16.9 Å². The first kappa shape index (κ1) is 20.6. The number of Topliss-reactive ketones (excluding diaryl/α,β-unsaturated/α-hetero) is 1. The van der Waals surface area contributed by atoms with E-state index in [1.54, 1.807) is 12.1 Å². The number of hydrogen-bond acceptors (Lipinski definition) is 4. The lowest BCUT2D eigenvalue weighted by molar-refractivity contribution is -0.138. The molecule has 4 rings (SSSR count). The molecule has 2 aliphatic rings. The molecule has 2 fully saturated rings. The Balaban J connectivity index is 1.38. The number of nitriles is 1. The number of halogens is 1. The van der Waals surface area contributed by atoms with Crippen LogP contribution in [0.2, 0.25) is 5.02 Å². The molecule has 154 valence electrons. The summed E-state index contributed by atoms with van der Waals surface area (Å²) in [5, 5.41) is 9.73. The topological polar surface area (TPSA) is 64.4 Å². The molecule has 1 unspecified atom stereocenters. The molecule has 30 heavy (non-hydrogen) atoms. The Morgan fingerprint density at radius 1 is 1.00 bits per heavy atom. The molecule has 5 nitrogen and oxygen atoms in total. The van der Waals surface area contributed by atoms with Crippen LogP contribution in [0.1, 0.15) is 35.4 Å². The highest BCUT2D eigenvalue weighted by Gasteiger charge is 2.41. The third-order valence-electron chi connectivity index (χ3n) is 6.17. The van der Waals surface area contributed by atoms with Crippen LogP contribution in [0.4, 0.5) is 0 Å². The second-order valence-electron chi connectivity index (χ2n) is 8.12. The molecular weight excluding hydrogens is 398 g/mol. The lowest BCUT2D eigenvalue weighted by atomic mass is 9.87. The molecule has 1 heterocycles. The predicted molar refractivity (Wildman–Crippen MR) is 115 cm³/mol. The first-order valence-electron chi connectivity index (χ1n) is 10.3. The highest BCUT2D eigenvalue weighted by Crippen LogP contribution is 2.39. The Bertz CT molecular complexity index is 957. The zero-order chi connectivity index (χ0) is 21.1. The van der Waals surface area contributed by atoms with Crippen molar-refractivity contribution in [3.63, 3.8) is 0 Å². The van der Waals surface area contributed by atoms with Crippen molar-refractivity contribution in [3.05, 3.63) is 70.2 Å². The summed E-state index contributed by atoms with van der Waals surface area (Å²) in [7, 11) is 0. The van der Waals surface area contributed by atoms with E-state index in [-0.39, 0.29) is 23.5 Å². The van der Waals surface area contributed by atoms with E-state index in [0.717, 1.165) is 30.2 Å². The molecule has 0 aromatic heterocycles. The monoisotopic (exact) mass is 421 g/mol. The normalized spacial score (nSPS) is 22.1. The van der Waals surface area contributed by atoms with E-state index in [1.807, 2.05) is 41.3 Å². The first-order valence-corrected chi connectivity index (χ1v) is 10.7. The maximum atomic E-state index is 13.2. The summed E-state index contributed by atoms with van der Waals surface area (Å²) in [6.07, 6.45) is 0.716. The average molecular weight is 422 g/mol. The molecule has 1 amide bonds. The molecule has 2 atom stereocenters. The van der Waals surface area contributed by atoms with Gasteiger partial charge in [0.1, 0.15) is 5.78 Å². The highest BCUT2D eigenvalue weighted by molar-refractivity contribution is 6.30. The van der Waals surface area contributed by atoms with Crippen LogP contribution < -0.4 is 0 Å². The van der Waals surface area contributed by atoms with Crippen LogP contribution >= 0.6 is 11.6 Å². The largest absolute Gasteiger partial charge is 0.340 e. The summed E-state index contributed by atoms with van der Waals surface area (Å²) in [6, 6.07) is 17.3. The molecule has 1 aliphatic heterocycles. The minimum atomic E-state index is -0.298. The molecular formula is C24H24ClN3O2. The molecule has 0 radical (unpaired) electrons. The average Bonchev–Trinajstić information content (AvgIpc) is 3.17. The van der Waals surface area contributed by atoms with Gasteiger partial charge in [-0.1, -0.05) is 35.9 Å². The second-order valence-corrected chi connectivity index (χ2v) is 8.56. The fraction of sp³-hybridized carbons (Fsp3) is 0.375. The summed E-state index contributed by atoms with van der Waals surface area (Å²) < 4.78 is 0. The van der Waals surface area contributed by atoms with Crippen LogP contribution in [0.25, 0.3) is 0 Å². The van der Waals surface area contributed by atoms with E-state index in [1.165, 1.54) is 5.56 Å². The van der Waals surface area contributed by atoms with Crippen molar-refractivity contribution >= 4 is 23.3 Å². The van der Waals surface area contributed by atoms with Crippen LogP contribution in [0, 0.1) is 17.2 Å². The van der Waals surface area contributed by atoms with Gasteiger partial charge in [0.25, 0.3) is 0 Å². The molecule has 1 saturated carbocycles. The molecule has 0 bridgehead atoms. The number of piperazine rings is 1. The van der Waals surface area contributed by atoms with E-state index in [0.29, 0.717) is 31.5 Å². The molecule has 2 aromatic carbocycles. The lowest BCUT2D eigenvalue weighted by Crippen LogP contribution is -2.50. The Labute approximate surface area is 181 Å². The Kier molecular flexibility index (Phi) is 6.17. The zero-order valence-electron chi connectivity index (χ0n) is 16.8. The Morgan fingerprint density at radius 2 is 1.67 bits per heavy atom. The summed E-state index contributed by atoms with van der Waals surface area (Å²) >= 11 is 5.96. The third-order valence-corrected chi connectivity index (χ3v) is 6.42. The van der Waals surface area contributed by atoms with E-state index < -0.39 is 0 Å². The highest BCUT2D eigenvalue weighted by atomic mass is 35.5. The van der Waals surface area contributed by atoms with Gasteiger partial charge in [-0.3, -0.25) is 14.5 Å². The maximum Gasteiger partial charge on any atom is 0.226 e. The van der Waals surface area contributed by atoms with Crippen molar-refractivity contribution < 1.29 is 9.59 Å². The summed E-state index contributed by atoms with van der Waals surface area (Å²) in [5.41, 5.74) is 2.77. The van der Waals surface area contributed by atoms with Crippen molar-refractivity contribution in [2.24, 2.45) is 5.92 Å². The molecule has 1 aliphatic carbocycles. The summed E-state index contributed by atoms with van der Waals surface area (Å²) in [6.45, 7) is 3.83. The van der Waals surface area contributed by atoms with Crippen LogP contribution in [0.15, 0.2) is 48.5 Å². The van der Waals surface area contributed by atoms with Gasteiger partial charge in [-0.2, -0.15) is 5.26 Å². The first-order chi connectivity index (χ1) is 14.5.